The van der Waals surface area contributed by atoms with Gasteiger partial charge in [-0.1, -0.05) is 79.4 Å². The van der Waals surface area contributed by atoms with E-state index in [1.54, 1.807) is 36.4 Å². The number of rotatable bonds is 12. The number of aryl methyl sites for hydroxylation is 2. The van der Waals surface area contributed by atoms with Gasteiger partial charge in [0.2, 0.25) is 0 Å². The maximum Gasteiger partial charge on any atom is 0.397 e. The van der Waals surface area contributed by atoms with E-state index < -0.39 is 23.6 Å². The molecule has 6 heteroatoms. The minimum Gasteiger partial charge on any atom is -0.433 e. The molecule has 0 saturated heterocycles. The van der Waals surface area contributed by atoms with Crippen molar-refractivity contribution in [2.45, 2.75) is 58.0 Å². The van der Waals surface area contributed by atoms with Crippen molar-refractivity contribution >= 4 is 0 Å². The van der Waals surface area contributed by atoms with E-state index in [9.17, 15) is 22.0 Å². The van der Waals surface area contributed by atoms with Gasteiger partial charge in [-0.15, -0.1) is 0 Å². The van der Waals surface area contributed by atoms with Gasteiger partial charge in [-0.05, 0) is 78.8 Å². The Kier molecular flexibility index (Phi) is 9.39. The quantitative estimate of drug-likeness (QED) is 0.129. The van der Waals surface area contributed by atoms with Gasteiger partial charge in [-0.3, -0.25) is 0 Å². The molecule has 4 aromatic carbocycles. The van der Waals surface area contributed by atoms with E-state index in [0.717, 1.165) is 53.6 Å². The Morgan fingerprint density at radius 2 is 1.21 bits per heavy atom. The van der Waals surface area contributed by atoms with Crippen LogP contribution in [0.4, 0.5) is 22.0 Å². The molecule has 4 aromatic rings. The highest BCUT2D eigenvalue weighted by Gasteiger charge is 2.30. The van der Waals surface area contributed by atoms with Crippen LogP contribution >= 0.6 is 0 Å². The van der Waals surface area contributed by atoms with E-state index in [-0.39, 0.29) is 23.3 Å². The lowest BCUT2D eigenvalue weighted by molar-refractivity contribution is -0.181. The van der Waals surface area contributed by atoms with Crippen LogP contribution in [0, 0.1) is 24.4 Å². The van der Waals surface area contributed by atoms with Gasteiger partial charge >= 0.3 is 6.11 Å². The number of hydrogen-bond acceptors (Lipinski definition) is 1. The van der Waals surface area contributed by atoms with E-state index in [0.29, 0.717) is 19.3 Å². The fourth-order valence-electron chi connectivity index (χ4n) is 4.49. The van der Waals surface area contributed by atoms with E-state index in [1.807, 2.05) is 31.2 Å². The molecule has 0 atom stereocenters. The van der Waals surface area contributed by atoms with Crippen LogP contribution in [0.5, 0.6) is 5.75 Å². The highest BCUT2D eigenvalue weighted by Crippen LogP contribution is 2.30. The second-order valence-corrected chi connectivity index (χ2v) is 9.84. The number of ether oxygens (including phenoxy) is 1. The molecule has 0 heterocycles. The van der Waals surface area contributed by atoms with Crippen molar-refractivity contribution in [3.8, 4) is 28.0 Å². The molecule has 0 spiro atoms. The van der Waals surface area contributed by atoms with Crippen molar-refractivity contribution in [3.63, 3.8) is 0 Å². The summed E-state index contributed by atoms with van der Waals surface area (Å²) in [4.78, 5) is 0. The molecule has 0 aliphatic carbocycles. The van der Waals surface area contributed by atoms with Crippen LogP contribution in [0.15, 0.2) is 84.9 Å². The van der Waals surface area contributed by atoms with Crippen LogP contribution in [0.3, 0.4) is 0 Å². The van der Waals surface area contributed by atoms with Crippen LogP contribution in [-0.4, -0.2) is 6.11 Å². The first-order chi connectivity index (χ1) is 18.7. The summed E-state index contributed by atoms with van der Waals surface area (Å²) >= 11 is 0. The fourth-order valence-corrected chi connectivity index (χ4v) is 4.49. The Morgan fingerprint density at radius 1 is 0.590 bits per heavy atom. The largest absolute Gasteiger partial charge is 0.433 e. The van der Waals surface area contributed by atoms with Crippen LogP contribution in [0.25, 0.3) is 22.3 Å². The average molecular weight is 539 g/mol. The second-order valence-electron chi connectivity index (χ2n) is 9.84. The van der Waals surface area contributed by atoms with Gasteiger partial charge in [0.25, 0.3) is 0 Å². The third-order valence-corrected chi connectivity index (χ3v) is 6.70. The fraction of sp³-hybridized carbons (Fsp3) is 0.273. The normalized spacial score (nSPS) is 11.5. The van der Waals surface area contributed by atoms with Crippen LogP contribution in [0.2, 0.25) is 0 Å². The molecular weight excluding hydrogens is 507 g/mol. The lowest BCUT2D eigenvalue weighted by Gasteiger charge is -2.18. The predicted molar refractivity (Wildman–Crippen MR) is 145 cm³/mol. The predicted octanol–water partition coefficient (Wildman–Crippen LogP) is 10.3. The lowest BCUT2D eigenvalue weighted by atomic mass is 10.00. The molecule has 0 unspecified atom stereocenters. The molecule has 0 radical (unpaired) electrons. The second kappa shape index (κ2) is 12.9. The minimum atomic E-state index is -3.24. The zero-order valence-corrected chi connectivity index (χ0v) is 21.8. The summed E-state index contributed by atoms with van der Waals surface area (Å²) in [5.41, 5.74) is 4.39. The standard InChI is InChI=1S/C33H31F5O/c1-23-8-11-25(12-9-23)26-13-16-28(17-14-26)39-33(37,38)20-6-4-2-3-5-7-24-10-18-29(31(35)21-24)27-15-19-30(34)32(36)22-27/h8-19,21-22H,2-7,20H2,1H3. The van der Waals surface area contributed by atoms with Gasteiger partial charge in [-0.25, -0.2) is 13.2 Å². The number of unbranched alkanes of at least 4 members (excludes halogenated alkanes) is 4. The monoisotopic (exact) mass is 538 g/mol. The number of benzene rings is 4. The molecule has 0 fully saturated rings. The summed E-state index contributed by atoms with van der Waals surface area (Å²) in [5, 5.41) is 0. The Morgan fingerprint density at radius 3 is 1.87 bits per heavy atom. The summed E-state index contributed by atoms with van der Waals surface area (Å²) in [7, 11) is 0. The third kappa shape index (κ3) is 8.16. The molecule has 0 amide bonds. The summed E-state index contributed by atoms with van der Waals surface area (Å²) in [6.07, 6.45) is 0.454. The molecule has 0 bridgehead atoms. The van der Waals surface area contributed by atoms with Crippen molar-refractivity contribution < 1.29 is 26.7 Å². The Hall–Kier alpha value is -3.67. The highest BCUT2D eigenvalue weighted by molar-refractivity contribution is 5.65. The van der Waals surface area contributed by atoms with Gasteiger partial charge in [0.15, 0.2) is 11.6 Å². The van der Waals surface area contributed by atoms with Gasteiger partial charge in [0.1, 0.15) is 11.6 Å². The highest BCUT2D eigenvalue weighted by atomic mass is 19.3. The SMILES string of the molecule is Cc1ccc(-c2ccc(OC(F)(F)CCCCCCCc3ccc(-c4ccc(F)c(F)c4)c(F)c3)cc2)cc1. The first-order valence-corrected chi connectivity index (χ1v) is 13.2. The van der Waals surface area contributed by atoms with Crippen molar-refractivity contribution in [1.82, 2.24) is 0 Å². The first-order valence-electron chi connectivity index (χ1n) is 13.2. The first kappa shape index (κ1) is 28.3. The maximum absolute atomic E-state index is 14.5. The molecular formula is C33H31F5O. The van der Waals surface area contributed by atoms with E-state index >= 15 is 0 Å². The molecule has 1 nitrogen and oxygen atoms in total. The summed E-state index contributed by atoms with van der Waals surface area (Å²) in [5.74, 6) is -2.35. The Balaban J connectivity index is 1.15. The molecule has 39 heavy (non-hydrogen) atoms. The Labute approximate surface area is 226 Å². The summed E-state index contributed by atoms with van der Waals surface area (Å²) in [6, 6.07) is 22.7. The van der Waals surface area contributed by atoms with E-state index in [4.69, 9.17) is 4.74 Å². The molecule has 0 aliphatic heterocycles. The van der Waals surface area contributed by atoms with Gasteiger partial charge in [0.05, 0.1) is 6.42 Å². The average Bonchev–Trinajstić information content (AvgIpc) is 2.90. The smallest absolute Gasteiger partial charge is 0.397 e. The van der Waals surface area contributed by atoms with Gasteiger partial charge in [0, 0.05) is 5.56 Å². The van der Waals surface area contributed by atoms with Crippen LogP contribution < -0.4 is 4.74 Å². The van der Waals surface area contributed by atoms with Gasteiger partial charge in [-0.2, -0.15) is 8.78 Å². The maximum atomic E-state index is 14.5. The third-order valence-electron chi connectivity index (χ3n) is 6.70. The summed E-state index contributed by atoms with van der Waals surface area (Å²) in [6.45, 7) is 2.01. The molecule has 0 aliphatic rings. The molecule has 4 rings (SSSR count). The van der Waals surface area contributed by atoms with E-state index in [2.05, 4.69) is 0 Å². The topological polar surface area (TPSA) is 9.23 Å². The van der Waals surface area contributed by atoms with Crippen molar-refractivity contribution in [2.24, 2.45) is 0 Å². The van der Waals surface area contributed by atoms with Crippen molar-refractivity contribution in [1.29, 1.82) is 0 Å². The van der Waals surface area contributed by atoms with Crippen LogP contribution in [0.1, 0.15) is 49.7 Å². The van der Waals surface area contributed by atoms with Gasteiger partial charge < -0.3 is 4.74 Å². The van der Waals surface area contributed by atoms with Crippen molar-refractivity contribution in [3.05, 3.63) is 114 Å². The zero-order chi connectivity index (χ0) is 27.8. The van der Waals surface area contributed by atoms with Crippen LogP contribution in [-0.2, 0) is 6.42 Å². The number of alkyl halides is 2. The number of hydrogen-bond donors (Lipinski definition) is 0. The zero-order valence-electron chi connectivity index (χ0n) is 21.8. The summed E-state index contributed by atoms with van der Waals surface area (Å²) < 4.78 is 74.7. The van der Waals surface area contributed by atoms with E-state index in [1.165, 1.54) is 12.1 Å². The molecule has 0 aromatic heterocycles. The number of halogens is 5. The molecule has 0 saturated carbocycles. The van der Waals surface area contributed by atoms with Crippen molar-refractivity contribution in [2.75, 3.05) is 0 Å². The molecule has 0 N–H and O–H groups in total. The Bertz CT molecular complexity index is 1360. The molecule has 204 valence electrons. The minimum absolute atomic E-state index is 0.138. The lowest BCUT2D eigenvalue weighted by Crippen LogP contribution is -2.24.